The van der Waals surface area contributed by atoms with E-state index in [1.165, 1.54) is 7.05 Å². The average molecular weight is 271 g/mol. The predicted molar refractivity (Wildman–Crippen MR) is 68.6 cm³/mol. The highest BCUT2D eigenvalue weighted by Crippen LogP contribution is 2.13. The standard InChI is InChI=1S/C12H21N3O4/c1-12(2,3)19-11(18)14-8-6-5-7-15(9(8)16)10(17)13-4/h8H,5-7H2,1-4H3,(H,13,17)(H,14,18)/t8-/m0/s1. The average Bonchev–Trinajstić information content (AvgIpc) is 2.28. The summed E-state index contributed by atoms with van der Waals surface area (Å²) in [5.41, 5.74) is -0.623. The van der Waals surface area contributed by atoms with Gasteiger partial charge in [-0.25, -0.2) is 9.59 Å². The number of amides is 4. The van der Waals surface area contributed by atoms with Crippen LogP contribution in [0, 0.1) is 0 Å². The molecule has 0 aliphatic carbocycles. The Kier molecular flexibility index (Phi) is 4.74. The molecule has 4 amide bonds. The molecule has 1 aliphatic rings. The summed E-state index contributed by atoms with van der Waals surface area (Å²) in [6.45, 7) is 5.59. The summed E-state index contributed by atoms with van der Waals surface area (Å²) in [5.74, 6) is -0.406. The van der Waals surface area contributed by atoms with Gasteiger partial charge in [-0.2, -0.15) is 0 Å². The number of likely N-dealkylation sites (tertiary alicyclic amines) is 1. The van der Waals surface area contributed by atoms with E-state index in [1.54, 1.807) is 20.8 Å². The molecule has 0 bridgehead atoms. The van der Waals surface area contributed by atoms with Crippen LogP contribution in [0.25, 0.3) is 0 Å². The summed E-state index contributed by atoms with van der Waals surface area (Å²) >= 11 is 0. The van der Waals surface area contributed by atoms with Gasteiger partial charge in [-0.05, 0) is 33.6 Å². The molecule has 0 aromatic carbocycles. The van der Waals surface area contributed by atoms with E-state index in [0.29, 0.717) is 19.4 Å². The molecule has 1 aliphatic heterocycles. The van der Waals surface area contributed by atoms with Crippen molar-refractivity contribution in [3.63, 3.8) is 0 Å². The third kappa shape index (κ3) is 4.42. The van der Waals surface area contributed by atoms with Gasteiger partial charge in [0.1, 0.15) is 11.6 Å². The number of rotatable bonds is 1. The molecule has 0 unspecified atom stereocenters. The molecule has 2 N–H and O–H groups in total. The number of hydrogen-bond donors (Lipinski definition) is 2. The minimum absolute atomic E-state index is 0.366. The normalized spacial score (nSPS) is 19.9. The lowest BCUT2D eigenvalue weighted by Gasteiger charge is -2.31. The van der Waals surface area contributed by atoms with Crippen molar-refractivity contribution < 1.29 is 19.1 Å². The Bertz CT molecular complexity index is 376. The van der Waals surface area contributed by atoms with Crippen molar-refractivity contribution in [3.05, 3.63) is 0 Å². The van der Waals surface area contributed by atoms with Crippen LogP contribution in [0.3, 0.4) is 0 Å². The topological polar surface area (TPSA) is 87.7 Å². The summed E-state index contributed by atoms with van der Waals surface area (Å²) in [4.78, 5) is 36.2. The Balaban J connectivity index is 2.61. The SMILES string of the molecule is CNC(=O)N1CCC[C@H](NC(=O)OC(C)(C)C)C1=O. The first-order chi connectivity index (χ1) is 8.74. The molecule has 1 heterocycles. The maximum Gasteiger partial charge on any atom is 0.408 e. The Morgan fingerprint density at radius 1 is 1.37 bits per heavy atom. The van der Waals surface area contributed by atoms with Crippen LogP contribution in [-0.2, 0) is 9.53 Å². The van der Waals surface area contributed by atoms with E-state index < -0.39 is 29.7 Å². The van der Waals surface area contributed by atoms with Crippen molar-refractivity contribution in [2.45, 2.75) is 45.3 Å². The first-order valence-electron chi connectivity index (χ1n) is 6.27. The number of piperidine rings is 1. The Hall–Kier alpha value is -1.79. The van der Waals surface area contributed by atoms with E-state index in [4.69, 9.17) is 4.74 Å². The van der Waals surface area contributed by atoms with Gasteiger partial charge in [0.2, 0.25) is 0 Å². The molecule has 19 heavy (non-hydrogen) atoms. The third-order valence-electron chi connectivity index (χ3n) is 2.59. The number of imide groups is 1. The molecule has 0 saturated carbocycles. The zero-order chi connectivity index (χ0) is 14.6. The van der Waals surface area contributed by atoms with Crippen molar-refractivity contribution in [3.8, 4) is 0 Å². The lowest BCUT2D eigenvalue weighted by molar-refractivity contribution is -0.132. The molecule has 7 heteroatoms. The lowest BCUT2D eigenvalue weighted by Crippen LogP contribution is -2.56. The number of hydrogen-bond acceptors (Lipinski definition) is 4. The van der Waals surface area contributed by atoms with Crippen LogP contribution in [0.2, 0.25) is 0 Å². The van der Waals surface area contributed by atoms with Crippen LogP contribution in [-0.4, -0.2) is 48.2 Å². The van der Waals surface area contributed by atoms with E-state index in [1.807, 2.05) is 0 Å². The summed E-state index contributed by atoms with van der Waals surface area (Å²) in [6, 6.07) is -1.17. The van der Waals surface area contributed by atoms with Gasteiger partial charge in [0.25, 0.3) is 5.91 Å². The number of carbonyl (C=O) groups excluding carboxylic acids is 3. The molecule has 0 aromatic heterocycles. The van der Waals surface area contributed by atoms with E-state index in [0.717, 1.165) is 4.90 Å². The number of nitrogens with zero attached hydrogens (tertiary/aromatic N) is 1. The van der Waals surface area contributed by atoms with Crippen LogP contribution in [0.15, 0.2) is 0 Å². The summed E-state index contributed by atoms with van der Waals surface area (Å²) in [7, 11) is 1.46. The molecule has 0 aromatic rings. The highest BCUT2D eigenvalue weighted by Gasteiger charge is 2.34. The summed E-state index contributed by atoms with van der Waals surface area (Å²) in [6.07, 6.45) is 0.509. The van der Waals surface area contributed by atoms with Crippen LogP contribution in [0.1, 0.15) is 33.6 Å². The highest BCUT2D eigenvalue weighted by molar-refractivity contribution is 5.98. The van der Waals surface area contributed by atoms with Gasteiger partial charge in [-0.3, -0.25) is 9.69 Å². The van der Waals surface area contributed by atoms with Gasteiger partial charge in [0, 0.05) is 13.6 Å². The van der Waals surface area contributed by atoms with Gasteiger partial charge in [-0.1, -0.05) is 0 Å². The second-order valence-corrected chi connectivity index (χ2v) is 5.39. The van der Waals surface area contributed by atoms with Gasteiger partial charge in [0.05, 0.1) is 0 Å². The second kappa shape index (κ2) is 5.90. The Labute approximate surface area is 112 Å². The van der Waals surface area contributed by atoms with Crippen molar-refractivity contribution >= 4 is 18.0 Å². The predicted octanol–water partition coefficient (Wildman–Crippen LogP) is 0.841. The lowest BCUT2D eigenvalue weighted by atomic mass is 10.1. The maximum atomic E-state index is 12.0. The number of ether oxygens (including phenoxy) is 1. The first kappa shape index (κ1) is 15.3. The molecule has 108 valence electrons. The van der Waals surface area contributed by atoms with E-state index in [2.05, 4.69) is 10.6 Å². The minimum atomic E-state index is -0.708. The zero-order valence-electron chi connectivity index (χ0n) is 11.8. The molecule has 1 rings (SSSR count). The van der Waals surface area contributed by atoms with Crippen molar-refractivity contribution in [2.24, 2.45) is 0 Å². The number of carbonyl (C=O) groups is 3. The van der Waals surface area contributed by atoms with Crippen LogP contribution in [0.4, 0.5) is 9.59 Å². The van der Waals surface area contributed by atoms with Crippen LogP contribution in [0.5, 0.6) is 0 Å². The Morgan fingerprint density at radius 3 is 2.53 bits per heavy atom. The summed E-state index contributed by atoms with van der Waals surface area (Å²) < 4.78 is 5.09. The number of nitrogens with one attached hydrogen (secondary N) is 2. The van der Waals surface area contributed by atoms with Crippen molar-refractivity contribution in [1.29, 1.82) is 0 Å². The fourth-order valence-electron chi connectivity index (χ4n) is 1.80. The largest absolute Gasteiger partial charge is 0.444 e. The molecule has 0 spiro atoms. The second-order valence-electron chi connectivity index (χ2n) is 5.39. The smallest absolute Gasteiger partial charge is 0.408 e. The van der Waals surface area contributed by atoms with E-state index in [-0.39, 0.29) is 0 Å². The van der Waals surface area contributed by atoms with Gasteiger partial charge in [-0.15, -0.1) is 0 Å². The molecule has 1 fully saturated rings. The first-order valence-corrected chi connectivity index (χ1v) is 6.27. The zero-order valence-corrected chi connectivity index (χ0v) is 11.8. The van der Waals surface area contributed by atoms with Crippen molar-refractivity contribution in [1.82, 2.24) is 15.5 Å². The molecule has 1 saturated heterocycles. The monoisotopic (exact) mass is 271 g/mol. The maximum absolute atomic E-state index is 12.0. The number of alkyl carbamates (subject to hydrolysis) is 1. The molecular formula is C12H21N3O4. The quantitative estimate of drug-likeness (QED) is 0.739. The van der Waals surface area contributed by atoms with Crippen LogP contribution < -0.4 is 10.6 Å². The van der Waals surface area contributed by atoms with E-state index >= 15 is 0 Å². The Morgan fingerprint density at radius 2 is 2.00 bits per heavy atom. The molecule has 1 atom stereocenters. The molecular weight excluding hydrogens is 250 g/mol. The summed E-state index contributed by atoms with van der Waals surface area (Å²) in [5, 5.41) is 4.90. The van der Waals surface area contributed by atoms with E-state index in [9.17, 15) is 14.4 Å². The van der Waals surface area contributed by atoms with Crippen molar-refractivity contribution in [2.75, 3.05) is 13.6 Å². The highest BCUT2D eigenvalue weighted by atomic mass is 16.6. The fourth-order valence-corrected chi connectivity index (χ4v) is 1.80. The third-order valence-corrected chi connectivity index (χ3v) is 2.59. The fraction of sp³-hybridized carbons (Fsp3) is 0.750. The number of urea groups is 1. The minimum Gasteiger partial charge on any atom is -0.444 e. The molecule has 7 nitrogen and oxygen atoms in total. The van der Waals surface area contributed by atoms with Gasteiger partial charge < -0.3 is 15.4 Å². The molecule has 0 radical (unpaired) electrons. The van der Waals surface area contributed by atoms with Gasteiger partial charge in [0.15, 0.2) is 0 Å². The van der Waals surface area contributed by atoms with Crippen LogP contribution >= 0.6 is 0 Å². The van der Waals surface area contributed by atoms with Gasteiger partial charge >= 0.3 is 12.1 Å².